The van der Waals surface area contributed by atoms with Crippen LogP contribution in [0.2, 0.25) is 0 Å². The normalized spacial score (nSPS) is 14.3. The Morgan fingerprint density at radius 2 is 2.00 bits per heavy atom. The van der Waals surface area contributed by atoms with Gasteiger partial charge in [0.1, 0.15) is 12.5 Å². The standard InChI is InChI=1S/C20H22FN3O2/c1-3-10-24(13-26-2)16-7-5-15(6-8-16)22-12-18-17-9-4-14(21)11-19(17)23-20(18)25/h4-9,11-12,22H,3,10,13H2,1-2H3,(H,23,25)/b18-12+. The fourth-order valence-electron chi connectivity index (χ4n) is 2.93. The maximum absolute atomic E-state index is 13.3. The second-order valence-electron chi connectivity index (χ2n) is 6.07. The van der Waals surface area contributed by atoms with Crippen molar-refractivity contribution in [2.45, 2.75) is 13.3 Å². The summed E-state index contributed by atoms with van der Waals surface area (Å²) in [6.07, 6.45) is 2.68. The third-order valence-corrected chi connectivity index (χ3v) is 4.16. The number of methoxy groups -OCH3 is 1. The quantitative estimate of drug-likeness (QED) is 0.581. The van der Waals surface area contributed by atoms with E-state index in [0.717, 1.165) is 24.3 Å². The summed E-state index contributed by atoms with van der Waals surface area (Å²) < 4.78 is 18.5. The number of rotatable bonds is 7. The zero-order valence-corrected chi connectivity index (χ0v) is 14.9. The Kier molecular flexibility index (Phi) is 5.53. The third kappa shape index (κ3) is 3.86. The van der Waals surface area contributed by atoms with Crippen molar-refractivity contribution in [2.24, 2.45) is 0 Å². The van der Waals surface area contributed by atoms with Crippen molar-refractivity contribution >= 4 is 28.5 Å². The Hall–Kier alpha value is -2.86. The summed E-state index contributed by atoms with van der Waals surface area (Å²) in [6, 6.07) is 12.2. The summed E-state index contributed by atoms with van der Waals surface area (Å²) in [6.45, 7) is 3.58. The number of hydrogen-bond acceptors (Lipinski definition) is 4. The fraction of sp³-hybridized carbons (Fsp3) is 0.250. The molecule has 0 saturated carbocycles. The van der Waals surface area contributed by atoms with Gasteiger partial charge in [-0.15, -0.1) is 0 Å². The summed E-state index contributed by atoms with van der Waals surface area (Å²) in [7, 11) is 1.68. The van der Waals surface area contributed by atoms with E-state index >= 15 is 0 Å². The second-order valence-corrected chi connectivity index (χ2v) is 6.07. The van der Waals surface area contributed by atoms with Gasteiger partial charge in [0.05, 0.1) is 11.3 Å². The minimum absolute atomic E-state index is 0.246. The van der Waals surface area contributed by atoms with Gasteiger partial charge in [-0.25, -0.2) is 4.39 Å². The van der Waals surface area contributed by atoms with Crippen LogP contribution in [0.25, 0.3) is 5.57 Å². The number of carbonyl (C=O) groups is 1. The highest BCUT2D eigenvalue weighted by atomic mass is 19.1. The van der Waals surface area contributed by atoms with Crippen LogP contribution in [0, 0.1) is 5.82 Å². The van der Waals surface area contributed by atoms with Crippen LogP contribution in [-0.4, -0.2) is 26.3 Å². The number of benzene rings is 2. The molecule has 1 heterocycles. The lowest BCUT2D eigenvalue weighted by Gasteiger charge is -2.23. The molecule has 0 aliphatic carbocycles. The van der Waals surface area contributed by atoms with Crippen molar-refractivity contribution in [1.29, 1.82) is 0 Å². The van der Waals surface area contributed by atoms with Gasteiger partial charge in [-0.2, -0.15) is 0 Å². The van der Waals surface area contributed by atoms with Crippen molar-refractivity contribution in [3.8, 4) is 0 Å². The topological polar surface area (TPSA) is 53.6 Å². The third-order valence-electron chi connectivity index (χ3n) is 4.16. The van der Waals surface area contributed by atoms with Gasteiger partial charge in [0.15, 0.2) is 0 Å². The highest BCUT2D eigenvalue weighted by Gasteiger charge is 2.24. The van der Waals surface area contributed by atoms with E-state index in [9.17, 15) is 9.18 Å². The van der Waals surface area contributed by atoms with Gasteiger partial charge in [0.2, 0.25) is 0 Å². The molecule has 0 fully saturated rings. The van der Waals surface area contributed by atoms with Crippen LogP contribution in [0.3, 0.4) is 0 Å². The smallest absolute Gasteiger partial charge is 0.257 e. The fourth-order valence-corrected chi connectivity index (χ4v) is 2.93. The maximum Gasteiger partial charge on any atom is 0.257 e. The van der Waals surface area contributed by atoms with E-state index in [4.69, 9.17) is 4.74 Å². The first-order valence-corrected chi connectivity index (χ1v) is 8.54. The Morgan fingerprint density at radius 1 is 1.23 bits per heavy atom. The molecular weight excluding hydrogens is 333 g/mol. The van der Waals surface area contributed by atoms with Crippen LogP contribution in [0.5, 0.6) is 0 Å². The molecule has 136 valence electrons. The van der Waals surface area contributed by atoms with E-state index in [1.165, 1.54) is 12.1 Å². The molecule has 0 unspecified atom stereocenters. The molecule has 0 bridgehead atoms. The van der Waals surface area contributed by atoms with Gasteiger partial charge in [0, 0.05) is 36.8 Å². The molecule has 0 aromatic heterocycles. The molecule has 6 heteroatoms. The molecule has 5 nitrogen and oxygen atoms in total. The molecule has 3 rings (SSSR count). The average molecular weight is 355 g/mol. The Morgan fingerprint density at radius 3 is 2.69 bits per heavy atom. The molecule has 0 atom stereocenters. The summed E-state index contributed by atoms with van der Waals surface area (Å²) in [5.41, 5.74) is 3.60. The van der Waals surface area contributed by atoms with Gasteiger partial charge in [-0.1, -0.05) is 6.92 Å². The van der Waals surface area contributed by atoms with Crippen molar-refractivity contribution < 1.29 is 13.9 Å². The Balaban J connectivity index is 1.74. The number of ether oxygens (including phenoxy) is 1. The molecule has 2 aromatic rings. The lowest BCUT2D eigenvalue weighted by atomic mass is 10.1. The van der Waals surface area contributed by atoms with Gasteiger partial charge in [-0.3, -0.25) is 4.79 Å². The van der Waals surface area contributed by atoms with E-state index in [0.29, 0.717) is 23.6 Å². The minimum atomic E-state index is -0.374. The van der Waals surface area contributed by atoms with Crippen molar-refractivity contribution in [3.05, 3.63) is 60.0 Å². The van der Waals surface area contributed by atoms with Crippen LogP contribution >= 0.6 is 0 Å². The number of nitrogens with zero attached hydrogens (tertiary/aromatic N) is 1. The van der Waals surface area contributed by atoms with Crippen molar-refractivity contribution in [3.63, 3.8) is 0 Å². The van der Waals surface area contributed by atoms with Crippen LogP contribution in [0.1, 0.15) is 18.9 Å². The molecule has 26 heavy (non-hydrogen) atoms. The molecule has 1 amide bonds. The van der Waals surface area contributed by atoms with Gasteiger partial charge in [-0.05, 0) is 48.9 Å². The molecule has 1 aliphatic heterocycles. The zero-order valence-electron chi connectivity index (χ0n) is 14.9. The highest BCUT2D eigenvalue weighted by Crippen LogP contribution is 2.32. The number of carbonyl (C=O) groups excluding carboxylic acids is 1. The lowest BCUT2D eigenvalue weighted by molar-refractivity contribution is -0.110. The lowest BCUT2D eigenvalue weighted by Crippen LogP contribution is -2.26. The van der Waals surface area contributed by atoms with Crippen molar-refractivity contribution in [2.75, 3.05) is 35.9 Å². The molecule has 0 spiro atoms. The number of halogens is 1. The second kappa shape index (κ2) is 8.01. The highest BCUT2D eigenvalue weighted by molar-refractivity contribution is 6.31. The first-order valence-electron chi connectivity index (χ1n) is 8.54. The Labute approximate surface area is 152 Å². The average Bonchev–Trinajstić information content (AvgIpc) is 2.94. The first-order chi connectivity index (χ1) is 12.6. The van der Waals surface area contributed by atoms with Gasteiger partial charge < -0.3 is 20.3 Å². The van der Waals surface area contributed by atoms with E-state index in [-0.39, 0.29) is 11.7 Å². The summed E-state index contributed by atoms with van der Waals surface area (Å²) in [4.78, 5) is 14.2. The number of amides is 1. The Bertz CT molecular complexity index is 812. The summed E-state index contributed by atoms with van der Waals surface area (Å²) in [5.74, 6) is -0.620. The number of hydrogen-bond donors (Lipinski definition) is 2. The van der Waals surface area contributed by atoms with E-state index in [1.54, 1.807) is 19.4 Å². The molecule has 1 aliphatic rings. The predicted molar refractivity (Wildman–Crippen MR) is 103 cm³/mol. The van der Waals surface area contributed by atoms with Crippen LogP contribution in [0.4, 0.5) is 21.5 Å². The minimum Gasteiger partial charge on any atom is -0.364 e. The van der Waals surface area contributed by atoms with E-state index < -0.39 is 0 Å². The van der Waals surface area contributed by atoms with Gasteiger partial charge >= 0.3 is 0 Å². The number of fused-ring (bicyclic) bond motifs is 1. The number of nitrogens with one attached hydrogen (secondary N) is 2. The summed E-state index contributed by atoms with van der Waals surface area (Å²) >= 11 is 0. The van der Waals surface area contributed by atoms with E-state index in [2.05, 4.69) is 22.5 Å². The van der Waals surface area contributed by atoms with Crippen LogP contribution in [0.15, 0.2) is 48.7 Å². The summed E-state index contributed by atoms with van der Waals surface area (Å²) in [5, 5.41) is 5.81. The largest absolute Gasteiger partial charge is 0.364 e. The monoisotopic (exact) mass is 355 g/mol. The zero-order chi connectivity index (χ0) is 18.5. The maximum atomic E-state index is 13.3. The van der Waals surface area contributed by atoms with Crippen LogP contribution < -0.4 is 15.5 Å². The molecule has 0 saturated heterocycles. The first kappa shape index (κ1) is 17.9. The molecule has 2 N–H and O–H groups in total. The van der Waals surface area contributed by atoms with Crippen molar-refractivity contribution in [1.82, 2.24) is 0 Å². The molecule has 0 radical (unpaired) electrons. The van der Waals surface area contributed by atoms with Gasteiger partial charge in [0.25, 0.3) is 5.91 Å². The molecule has 2 aromatic carbocycles. The predicted octanol–water partition coefficient (Wildman–Crippen LogP) is 4.05. The van der Waals surface area contributed by atoms with Crippen LogP contribution in [-0.2, 0) is 9.53 Å². The number of anilines is 3. The van der Waals surface area contributed by atoms with E-state index in [1.807, 2.05) is 24.3 Å². The SMILES string of the molecule is CCCN(COC)c1ccc(N/C=C2/C(=O)Nc3cc(F)ccc32)cc1. The molecular formula is C20H22FN3O2.